The Morgan fingerprint density at radius 2 is 2.00 bits per heavy atom. The molecule has 106 valence electrons. The minimum Gasteiger partial charge on any atom is -0.495 e. The highest BCUT2D eigenvalue weighted by molar-refractivity contribution is 5.32. The fraction of sp³-hybridized carbons (Fsp3) is 0.667. The molecule has 1 aliphatic rings. The summed E-state index contributed by atoms with van der Waals surface area (Å²) < 4.78 is 5.42. The first-order chi connectivity index (χ1) is 9.12. The number of hydrogen-bond acceptors (Lipinski definition) is 4. The Balaban J connectivity index is 2.36. The maximum atomic E-state index is 6.60. The summed E-state index contributed by atoms with van der Waals surface area (Å²) in [4.78, 5) is 6.76. The van der Waals surface area contributed by atoms with Crippen LogP contribution in [-0.2, 0) is 0 Å². The zero-order chi connectivity index (χ0) is 13.9. The first kappa shape index (κ1) is 14.3. The summed E-state index contributed by atoms with van der Waals surface area (Å²) in [6.07, 6.45) is 7.83. The van der Waals surface area contributed by atoms with Crippen LogP contribution in [0.25, 0.3) is 0 Å². The molecule has 2 N–H and O–H groups in total. The topological polar surface area (TPSA) is 51.4 Å². The molecule has 1 unspecified atom stereocenters. The minimum absolute atomic E-state index is 0.000116. The lowest BCUT2D eigenvalue weighted by atomic mass is 9.74. The number of pyridine rings is 1. The van der Waals surface area contributed by atoms with Gasteiger partial charge in [-0.05, 0) is 39.1 Å². The Labute approximate surface area is 116 Å². The molecule has 1 aromatic rings. The van der Waals surface area contributed by atoms with Crippen molar-refractivity contribution in [2.75, 3.05) is 21.2 Å². The summed E-state index contributed by atoms with van der Waals surface area (Å²) in [7, 11) is 5.93. The van der Waals surface area contributed by atoms with E-state index in [2.05, 4.69) is 24.0 Å². The van der Waals surface area contributed by atoms with E-state index >= 15 is 0 Å². The summed E-state index contributed by atoms with van der Waals surface area (Å²) >= 11 is 0. The number of nitrogens with zero attached hydrogens (tertiary/aromatic N) is 2. The van der Waals surface area contributed by atoms with E-state index in [-0.39, 0.29) is 11.6 Å². The minimum atomic E-state index is -0.112. The summed E-state index contributed by atoms with van der Waals surface area (Å²) in [5.74, 6) is 0.793. The van der Waals surface area contributed by atoms with Gasteiger partial charge in [0, 0.05) is 11.7 Å². The molecule has 2 rings (SSSR count). The van der Waals surface area contributed by atoms with Crippen molar-refractivity contribution >= 4 is 0 Å². The Hall–Kier alpha value is -1.13. The average molecular weight is 263 g/mol. The van der Waals surface area contributed by atoms with Crippen LogP contribution >= 0.6 is 0 Å². The Morgan fingerprint density at radius 1 is 1.32 bits per heavy atom. The molecule has 1 fully saturated rings. The van der Waals surface area contributed by atoms with Gasteiger partial charge in [-0.1, -0.05) is 19.3 Å². The Bertz CT molecular complexity index is 414. The fourth-order valence-electron chi connectivity index (χ4n) is 3.26. The summed E-state index contributed by atoms with van der Waals surface area (Å²) in [5.41, 5.74) is 7.47. The number of rotatable bonds is 4. The van der Waals surface area contributed by atoms with Crippen LogP contribution in [0.5, 0.6) is 5.75 Å². The van der Waals surface area contributed by atoms with Crippen LogP contribution in [0.1, 0.15) is 43.8 Å². The van der Waals surface area contributed by atoms with Gasteiger partial charge in [-0.2, -0.15) is 0 Å². The van der Waals surface area contributed by atoms with E-state index in [0.29, 0.717) is 0 Å². The molecule has 4 heteroatoms. The standard InChI is InChI=1S/C15H25N3O/c1-18(2)15(9-5-4-6-10-15)14(16)13-12(19-3)8-7-11-17-13/h7-8,11,14H,4-6,9-10,16H2,1-3H3. The predicted molar refractivity (Wildman–Crippen MR) is 77.2 cm³/mol. The van der Waals surface area contributed by atoms with Gasteiger partial charge < -0.3 is 15.4 Å². The van der Waals surface area contributed by atoms with E-state index in [9.17, 15) is 0 Å². The Kier molecular flexibility index (Phi) is 4.42. The first-order valence-corrected chi connectivity index (χ1v) is 7.04. The van der Waals surface area contributed by atoms with Crippen molar-refractivity contribution in [3.8, 4) is 5.75 Å². The van der Waals surface area contributed by atoms with Gasteiger partial charge in [-0.25, -0.2) is 0 Å². The van der Waals surface area contributed by atoms with Gasteiger partial charge in [-0.3, -0.25) is 4.98 Å². The highest BCUT2D eigenvalue weighted by Crippen LogP contribution is 2.42. The second-order valence-corrected chi connectivity index (χ2v) is 5.63. The van der Waals surface area contributed by atoms with Gasteiger partial charge in [0.2, 0.25) is 0 Å². The maximum Gasteiger partial charge on any atom is 0.142 e. The van der Waals surface area contributed by atoms with Crippen LogP contribution in [0.3, 0.4) is 0 Å². The average Bonchev–Trinajstić information content (AvgIpc) is 2.47. The molecule has 1 saturated carbocycles. The maximum absolute atomic E-state index is 6.60. The van der Waals surface area contributed by atoms with Crippen molar-refractivity contribution < 1.29 is 4.74 Å². The van der Waals surface area contributed by atoms with Crippen LogP contribution in [0.2, 0.25) is 0 Å². The zero-order valence-electron chi connectivity index (χ0n) is 12.2. The lowest BCUT2D eigenvalue weighted by Gasteiger charge is -2.47. The zero-order valence-corrected chi connectivity index (χ0v) is 12.2. The third-order valence-electron chi connectivity index (χ3n) is 4.50. The quantitative estimate of drug-likeness (QED) is 0.906. The van der Waals surface area contributed by atoms with E-state index < -0.39 is 0 Å². The first-order valence-electron chi connectivity index (χ1n) is 7.04. The third-order valence-corrected chi connectivity index (χ3v) is 4.50. The van der Waals surface area contributed by atoms with Crippen LogP contribution in [0, 0.1) is 0 Å². The number of aromatic nitrogens is 1. The van der Waals surface area contributed by atoms with E-state index in [0.717, 1.165) is 24.3 Å². The van der Waals surface area contributed by atoms with E-state index in [1.54, 1.807) is 13.3 Å². The number of nitrogens with two attached hydrogens (primary N) is 1. The lowest BCUT2D eigenvalue weighted by molar-refractivity contribution is 0.0689. The second kappa shape index (κ2) is 5.88. The molecule has 1 aromatic heterocycles. The number of methoxy groups -OCH3 is 1. The van der Waals surface area contributed by atoms with Crippen LogP contribution in [0.4, 0.5) is 0 Å². The molecule has 1 heterocycles. The molecule has 19 heavy (non-hydrogen) atoms. The van der Waals surface area contributed by atoms with Crippen LogP contribution in [-0.4, -0.2) is 36.6 Å². The lowest BCUT2D eigenvalue weighted by Crippen LogP contribution is -2.53. The second-order valence-electron chi connectivity index (χ2n) is 5.63. The van der Waals surface area contributed by atoms with Crippen LogP contribution < -0.4 is 10.5 Å². The normalized spacial score (nSPS) is 20.3. The monoisotopic (exact) mass is 263 g/mol. The number of ether oxygens (including phenoxy) is 1. The largest absolute Gasteiger partial charge is 0.495 e. The fourth-order valence-corrected chi connectivity index (χ4v) is 3.26. The van der Waals surface area contributed by atoms with E-state index in [1.807, 2.05) is 12.1 Å². The molecule has 4 nitrogen and oxygen atoms in total. The van der Waals surface area contributed by atoms with Gasteiger partial charge in [-0.15, -0.1) is 0 Å². The van der Waals surface area contributed by atoms with Gasteiger partial charge in [0.15, 0.2) is 0 Å². The Morgan fingerprint density at radius 3 is 2.58 bits per heavy atom. The van der Waals surface area contributed by atoms with Crippen molar-refractivity contribution in [2.24, 2.45) is 5.73 Å². The molecule has 0 spiro atoms. The van der Waals surface area contributed by atoms with Crippen molar-refractivity contribution in [3.05, 3.63) is 24.0 Å². The van der Waals surface area contributed by atoms with Crippen molar-refractivity contribution in [1.82, 2.24) is 9.88 Å². The van der Waals surface area contributed by atoms with Crippen LogP contribution in [0.15, 0.2) is 18.3 Å². The van der Waals surface area contributed by atoms with Crippen molar-refractivity contribution in [3.63, 3.8) is 0 Å². The molecule has 1 aliphatic carbocycles. The molecule has 0 bridgehead atoms. The van der Waals surface area contributed by atoms with Gasteiger partial charge in [0.1, 0.15) is 11.4 Å². The highest BCUT2D eigenvalue weighted by Gasteiger charge is 2.42. The highest BCUT2D eigenvalue weighted by atomic mass is 16.5. The molecule has 0 amide bonds. The molecular weight excluding hydrogens is 238 g/mol. The van der Waals surface area contributed by atoms with Gasteiger partial charge in [0.05, 0.1) is 13.2 Å². The SMILES string of the molecule is COc1cccnc1C(N)C1(N(C)C)CCCCC1. The van der Waals surface area contributed by atoms with Crippen molar-refractivity contribution in [1.29, 1.82) is 0 Å². The van der Waals surface area contributed by atoms with E-state index in [4.69, 9.17) is 10.5 Å². The van der Waals surface area contributed by atoms with Gasteiger partial charge in [0.25, 0.3) is 0 Å². The smallest absolute Gasteiger partial charge is 0.142 e. The summed E-state index contributed by atoms with van der Waals surface area (Å²) in [6.45, 7) is 0. The predicted octanol–water partition coefficient (Wildman–Crippen LogP) is 2.35. The molecule has 0 saturated heterocycles. The molecule has 0 radical (unpaired) electrons. The summed E-state index contributed by atoms with van der Waals surface area (Å²) in [5, 5.41) is 0. The number of hydrogen-bond donors (Lipinski definition) is 1. The summed E-state index contributed by atoms with van der Waals surface area (Å²) in [6, 6.07) is 3.71. The molecule has 0 aromatic carbocycles. The molecular formula is C15H25N3O. The number of likely N-dealkylation sites (N-methyl/N-ethyl adjacent to an activating group) is 1. The molecule has 0 aliphatic heterocycles. The van der Waals surface area contributed by atoms with E-state index in [1.165, 1.54) is 19.3 Å². The van der Waals surface area contributed by atoms with Gasteiger partial charge >= 0.3 is 0 Å². The third kappa shape index (κ3) is 2.60. The molecule has 1 atom stereocenters. The van der Waals surface area contributed by atoms with Crippen molar-refractivity contribution in [2.45, 2.75) is 43.7 Å².